The smallest absolute Gasteiger partial charge is 0.261 e. The molecule has 0 radical (unpaired) electrons. The molecule has 1 N–H and O–H groups in total. The molecule has 2 aliphatic heterocycles. The van der Waals surface area contributed by atoms with Gasteiger partial charge in [0.25, 0.3) is 11.8 Å². The van der Waals surface area contributed by atoms with Gasteiger partial charge in [0.2, 0.25) is 0 Å². The fraction of sp³-hybridized carbons (Fsp3) is 0.300. The Morgan fingerprint density at radius 2 is 1.72 bits per heavy atom. The van der Waals surface area contributed by atoms with Gasteiger partial charge in [-0.2, -0.15) is 0 Å². The SMILES string of the molecule is O=C1c2ccccc2C(=O)N1C1CCCC2c3cc(Br)ccc3NC21. The van der Waals surface area contributed by atoms with Crippen LogP contribution >= 0.6 is 15.9 Å². The van der Waals surface area contributed by atoms with E-state index in [1.807, 2.05) is 18.2 Å². The highest BCUT2D eigenvalue weighted by Crippen LogP contribution is 2.46. The van der Waals surface area contributed by atoms with Gasteiger partial charge in [-0.05, 0) is 48.7 Å². The summed E-state index contributed by atoms with van der Waals surface area (Å²) in [5, 5.41) is 3.59. The number of rotatable bonds is 1. The van der Waals surface area contributed by atoms with Crippen LogP contribution < -0.4 is 5.32 Å². The van der Waals surface area contributed by atoms with E-state index >= 15 is 0 Å². The maximum atomic E-state index is 12.9. The fourth-order valence-corrected chi connectivity index (χ4v) is 5.05. The highest BCUT2D eigenvalue weighted by molar-refractivity contribution is 9.10. The lowest BCUT2D eigenvalue weighted by Crippen LogP contribution is -2.52. The molecule has 3 atom stereocenters. The number of anilines is 1. The van der Waals surface area contributed by atoms with Crippen LogP contribution in [0.2, 0.25) is 0 Å². The maximum Gasteiger partial charge on any atom is 0.261 e. The summed E-state index contributed by atoms with van der Waals surface area (Å²) < 4.78 is 1.07. The number of hydrogen-bond acceptors (Lipinski definition) is 3. The lowest BCUT2D eigenvalue weighted by atomic mass is 9.79. The quantitative estimate of drug-likeness (QED) is 0.735. The van der Waals surface area contributed by atoms with Crippen LogP contribution in [0.5, 0.6) is 0 Å². The summed E-state index contributed by atoms with van der Waals surface area (Å²) in [6.07, 6.45) is 2.96. The van der Waals surface area contributed by atoms with E-state index in [-0.39, 0.29) is 23.9 Å². The molecule has 2 heterocycles. The molecule has 0 spiro atoms. The molecule has 5 rings (SSSR count). The topological polar surface area (TPSA) is 49.4 Å². The molecule has 4 nitrogen and oxygen atoms in total. The average Bonchev–Trinajstić information content (AvgIpc) is 3.11. The Bertz CT molecular complexity index is 875. The Balaban J connectivity index is 1.52. The van der Waals surface area contributed by atoms with Gasteiger partial charge < -0.3 is 5.32 Å². The third-order valence-electron chi connectivity index (χ3n) is 5.76. The zero-order chi connectivity index (χ0) is 17.1. The standard InChI is InChI=1S/C20H17BrN2O2/c21-11-8-9-16-15(10-11)12-6-3-7-17(18(12)22-16)23-19(24)13-4-1-2-5-14(13)20(23)25/h1-2,4-5,8-10,12,17-18,22H,3,6-7H2. The number of amides is 2. The predicted octanol–water partition coefficient (Wildman–Crippen LogP) is 4.18. The van der Waals surface area contributed by atoms with E-state index in [0.717, 1.165) is 29.4 Å². The summed E-state index contributed by atoms with van der Waals surface area (Å²) in [6, 6.07) is 13.4. The molecule has 1 aliphatic carbocycles. The summed E-state index contributed by atoms with van der Waals surface area (Å²) >= 11 is 3.56. The molecule has 25 heavy (non-hydrogen) atoms. The first-order valence-electron chi connectivity index (χ1n) is 8.68. The van der Waals surface area contributed by atoms with Crippen LogP contribution in [0.3, 0.4) is 0 Å². The van der Waals surface area contributed by atoms with Gasteiger partial charge in [-0.25, -0.2) is 0 Å². The minimum absolute atomic E-state index is 0.0975. The Labute approximate surface area is 154 Å². The molecule has 126 valence electrons. The van der Waals surface area contributed by atoms with Crippen molar-refractivity contribution in [2.45, 2.75) is 37.3 Å². The molecule has 2 amide bonds. The molecule has 0 aromatic heterocycles. The van der Waals surface area contributed by atoms with Crippen molar-refractivity contribution < 1.29 is 9.59 Å². The van der Waals surface area contributed by atoms with Crippen molar-refractivity contribution in [1.82, 2.24) is 4.90 Å². The van der Waals surface area contributed by atoms with Gasteiger partial charge >= 0.3 is 0 Å². The van der Waals surface area contributed by atoms with Crippen LogP contribution in [0.1, 0.15) is 51.5 Å². The van der Waals surface area contributed by atoms with Gasteiger partial charge in [-0.3, -0.25) is 14.5 Å². The first-order valence-corrected chi connectivity index (χ1v) is 9.47. The summed E-state index contributed by atoms with van der Waals surface area (Å²) in [7, 11) is 0. The second-order valence-corrected chi connectivity index (χ2v) is 7.95. The predicted molar refractivity (Wildman–Crippen MR) is 98.9 cm³/mol. The Morgan fingerprint density at radius 3 is 2.44 bits per heavy atom. The number of carbonyl (C=O) groups excluding carboxylic acids is 2. The van der Waals surface area contributed by atoms with Gasteiger partial charge in [-0.15, -0.1) is 0 Å². The van der Waals surface area contributed by atoms with Crippen LogP contribution in [0.4, 0.5) is 5.69 Å². The molecule has 3 aliphatic rings. The van der Waals surface area contributed by atoms with E-state index in [9.17, 15) is 9.59 Å². The van der Waals surface area contributed by atoms with Crippen LogP contribution in [-0.2, 0) is 0 Å². The van der Waals surface area contributed by atoms with E-state index in [2.05, 4.69) is 33.4 Å². The molecule has 0 saturated heterocycles. The molecule has 1 fully saturated rings. The number of imide groups is 1. The monoisotopic (exact) mass is 396 g/mol. The van der Waals surface area contributed by atoms with Crippen molar-refractivity contribution in [3.05, 3.63) is 63.6 Å². The maximum absolute atomic E-state index is 12.9. The summed E-state index contributed by atoms with van der Waals surface area (Å²) in [5.74, 6) is 0.0472. The zero-order valence-corrected chi connectivity index (χ0v) is 15.1. The van der Waals surface area contributed by atoms with Crippen LogP contribution in [0, 0.1) is 0 Å². The van der Waals surface area contributed by atoms with Crippen molar-refractivity contribution >= 4 is 33.4 Å². The largest absolute Gasteiger partial charge is 0.379 e. The van der Waals surface area contributed by atoms with Crippen LogP contribution in [0.25, 0.3) is 0 Å². The first kappa shape index (κ1) is 15.1. The molecular formula is C20H17BrN2O2. The highest BCUT2D eigenvalue weighted by Gasteiger charge is 2.48. The minimum atomic E-state index is -0.148. The molecule has 2 aromatic carbocycles. The number of carbonyl (C=O) groups is 2. The molecule has 1 saturated carbocycles. The van der Waals surface area contributed by atoms with Crippen molar-refractivity contribution in [3.8, 4) is 0 Å². The van der Waals surface area contributed by atoms with Crippen LogP contribution in [-0.4, -0.2) is 28.8 Å². The highest BCUT2D eigenvalue weighted by atomic mass is 79.9. The summed E-state index contributed by atoms with van der Waals surface area (Å²) in [5.41, 5.74) is 3.49. The molecule has 3 unspecified atom stereocenters. The number of fused-ring (bicyclic) bond motifs is 4. The first-order chi connectivity index (χ1) is 12.1. The van der Waals surface area contributed by atoms with Crippen molar-refractivity contribution in [2.24, 2.45) is 0 Å². The Kier molecular flexibility index (Phi) is 3.29. The number of hydrogen-bond donors (Lipinski definition) is 1. The Morgan fingerprint density at radius 1 is 1.00 bits per heavy atom. The van der Waals surface area contributed by atoms with E-state index < -0.39 is 0 Å². The van der Waals surface area contributed by atoms with Gasteiger partial charge in [0.15, 0.2) is 0 Å². The van der Waals surface area contributed by atoms with Gasteiger partial charge in [0.05, 0.1) is 23.2 Å². The third kappa shape index (κ3) is 2.11. The number of benzene rings is 2. The second kappa shape index (κ2) is 5.43. The molecular weight excluding hydrogens is 380 g/mol. The van der Waals surface area contributed by atoms with E-state index in [0.29, 0.717) is 17.0 Å². The molecule has 2 aromatic rings. The average molecular weight is 397 g/mol. The van der Waals surface area contributed by atoms with E-state index in [1.165, 1.54) is 10.5 Å². The minimum Gasteiger partial charge on any atom is -0.379 e. The fourth-order valence-electron chi connectivity index (χ4n) is 4.67. The number of halogens is 1. The molecule has 0 bridgehead atoms. The number of nitrogens with zero attached hydrogens (tertiary/aromatic N) is 1. The Hall–Kier alpha value is -2.14. The van der Waals surface area contributed by atoms with Crippen molar-refractivity contribution in [3.63, 3.8) is 0 Å². The number of nitrogens with one attached hydrogen (secondary N) is 1. The van der Waals surface area contributed by atoms with Crippen LogP contribution in [0.15, 0.2) is 46.9 Å². The third-order valence-corrected chi connectivity index (χ3v) is 6.25. The van der Waals surface area contributed by atoms with E-state index in [1.54, 1.807) is 12.1 Å². The lowest BCUT2D eigenvalue weighted by Gasteiger charge is -2.38. The van der Waals surface area contributed by atoms with E-state index in [4.69, 9.17) is 0 Å². The van der Waals surface area contributed by atoms with Gasteiger partial charge in [0, 0.05) is 16.1 Å². The second-order valence-electron chi connectivity index (χ2n) is 7.03. The summed E-state index contributed by atoms with van der Waals surface area (Å²) in [6.45, 7) is 0. The van der Waals surface area contributed by atoms with Crippen molar-refractivity contribution in [2.75, 3.05) is 5.32 Å². The van der Waals surface area contributed by atoms with Crippen molar-refractivity contribution in [1.29, 1.82) is 0 Å². The molecule has 5 heteroatoms. The van der Waals surface area contributed by atoms with Gasteiger partial charge in [0.1, 0.15) is 0 Å². The lowest BCUT2D eigenvalue weighted by molar-refractivity contribution is 0.0527. The zero-order valence-electron chi connectivity index (χ0n) is 13.5. The normalized spacial score (nSPS) is 26.9. The summed E-state index contributed by atoms with van der Waals surface area (Å²) in [4.78, 5) is 27.3. The van der Waals surface area contributed by atoms with Gasteiger partial charge in [-0.1, -0.05) is 34.5 Å².